The molecular weight excluding hydrogens is 474 g/mol. The molecule has 3 aromatic carbocycles. The number of likely N-dealkylation sites (tertiary alicyclic amines) is 1. The number of hydrogen-bond donors (Lipinski definition) is 4. The van der Waals surface area contributed by atoms with Gasteiger partial charge >= 0.3 is 6.03 Å². The molecule has 1 aliphatic rings. The summed E-state index contributed by atoms with van der Waals surface area (Å²) in [5, 5.41) is 8.69. The van der Waals surface area contributed by atoms with Gasteiger partial charge in [-0.2, -0.15) is 0 Å². The molecule has 5 N–H and O–H groups in total. The number of nitrogens with one attached hydrogen (secondary N) is 3. The van der Waals surface area contributed by atoms with Crippen molar-refractivity contribution >= 4 is 23.3 Å². The number of urea groups is 1. The third-order valence-corrected chi connectivity index (χ3v) is 7.15. The van der Waals surface area contributed by atoms with E-state index in [1.807, 2.05) is 0 Å². The van der Waals surface area contributed by atoms with Gasteiger partial charge in [0.15, 0.2) is 0 Å². The van der Waals surface area contributed by atoms with Crippen LogP contribution in [0.2, 0.25) is 0 Å². The maximum absolute atomic E-state index is 13.1. The lowest BCUT2D eigenvalue weighted by molar-refractivity contribution is 0.0931. The topological polar surface area (TPSA) is 99.5 Å². The second-order valence-corrected chi connectivity index (χ2v) is 9.95. The smallest absolute Gasteiger partial charge is 0.319 e. The SMILES string of the molecule is CCCCNC(=O)Nc1ccc(N)cc1C(=O)NCC1CCN(C(c2ccccc2)c2ccccc2)CC1. The third-order valence-electron chi connectivity index (χ3n) is 7.15. The Kier molecular flexibility index (Phi) is 9.76. The number of anilines is 2. The lowest BCUT2D eigenvalue weighted by Crippen LogP contribution is -2.40. The zero-order chi connectivity index (χ0) is 26.7. The monoisotopic (exact) mass is 513 g/mol. The van der Waals surface area contributed by atoms with Crippen LogP contribution in [0.25, 0.3) is 0 Å². The molecule has 0 aromatic heterocycles. The molecule has 1 fully saturated rings. The molecule has 0 radical (unpaired) electrons. The van der Waals surface area contributed by atoms with Gasteiger partial charge in [0.2, 0.25) is 0 Å². The summed E-state index contributed by atoms with van der Waals surface area (Å²) < 4.78 is 0. The average molecular weight is 514 g/mol. The number of nitrogens with zero attached hydrogens (tertiary/aromatic N) is 1. The first-order valence-corrected chi connectivity index (χ1v) is 13.6. The second-order valence-electron chi connectivity index (χ2n) is 9.95. The molecule has 7 heteroatoms. The molecule has 3 aromatic rings. The molecule has 0 saturated carbocycles. The van der Waals surface area contributed by atoms with Crippen molar-refractivity contribution in [2.24, 2.45) is 5.92 Å². The number of nitrogens with two attached hydrogens (primary N) is 1. The molecule has 0 unspecified atom stereocenters. The number of benzene rings is 3. The standard InChI is InChI=1S/C31H39N5O2/c1-2-3-18-33-31(38)35-28-15-14-26(32)21-27(28)30(37)34-22-23-16-19-36(20-17-23)29(24-10-6-4-7-11-24)25-12-8-5-9-13-25/h4-15,21,23,29H,2-3,16-20,22,32H2,1H3,(H,34,37)(H2,33,35,38). The van der Waals surface area contributed by atoms with Gasteiger partial charge in [-0.25, -0.2) is 4.79 Å². The molecule has 38 heavy (non-hydrogen) atoms. The average Bonchev–Trinajstić information content (AvgIpc) is 2.95. The van der Waals surface area contributed by atoms with Gasteiger partial charge in [0.1, 0.15) is 0 Å². The summed E-state index contributed by atoms with van der Waals surface area (Å²) >= 11 is 0. The molecule has 0 spiro atoms. The highest BCUT2D eigenvalue weighted by atomic mass is 16.2. The van der Waals surface area contributed by atoms with Crippen LogP contribution in [-0.2, 0) is 0 Å². The van der Waals surface area contributed by atoms with Crippen LogP contribution in [0.3, 0.4) is 0 Å². The number of amides is 3. The molecule has 200 valence electrons. The Hall–Kier alpha value is -3.84. The summed E-state index contributed by atoms with van der Waals surface area (Å²) in [5.74, 6) is 0.159. The summed E-state index contributed by atoms with van der Waals surface area (Å²) in [7, 11) is 0. The number of rotatable bonds is 10. The Morgan fingerprint density at radius 2 is 1.55 bits per heavy atom. The van der Waals surface area contributed by atoms with Gasteiger partial charge in [0.25, 0.3) is 5.91 Å². The Morgan fingerprint density at radius 3 is 2.16 bits per heavy atom. The van der Waals surface area contributed by atoms with E-state index in [1.54, 1.807) is 18.2 Å². The largest absolute Gasteiger partial charge is 0.399 e. The summed E-state index contributed by atoms with van der Waals surface area (Å²) in [6, 6.07) is 26.2. The number of nitrogen functional groups attached to an aromatic ring is 1. The number of carbonyl (C=O) groups excluding carboxylic acids is 2. The zero-order valence-corrected chi connectivity index (χ0v) is 22.2. The van der Waals surface area contributed by atoms with Crippen LogP contribution in [0, 0.1) is 5.92 Å². The van der Waals surface area contributed by atoms with E-state index in [0.717, 1.165) is 38.8 Å². The maximum atomic E-state index is 13.1. The molecule has 4 rings (SSSR count). The van der Waals surface area contributed by atoms with E-state index in [9.17, 15) is 9.59 Å². The fourth-order valence-electron chi connectivity index (χ4n) is 5.04. The van der Waals surface area contributed by atoms with Crippen molar-refractivity contribution in [1.29, 1.82) is 0 Å². The van der Waals surface area contributed by atoms with Crippen molar-refractivity contribution in [1.82, 2.24) is 15.5 Å². The Bertz CT molecular complexity index is 1140. The highest BCUT2D eigenvalue weighted by Gasteiger charge is 2.27. The van der Waals surface area contributed by atoms with Gasteiger partial charge in [-0.05, 0) is 67.6 Å². The Balaban J connectivity index is 1.34. The van der Waals surface area contributed by atoms with Crippen molar-refractivity contribution in [3.8, 4) is 0 Å². The molecule has 0 aliphatic carbocycles. The number of piperidine rings is 1. The van der Waals surface area contributed by atoms with Crippen molar-refractivity contribution in [3.63, 3.8) is 0 Å². The highest BCUT2D eigenvalue weighted by molar-refractivity contribution is 6.04. The molecular formula is C31H39N5O2. The van der Waals surface area contributed by atoms with E-state index >= 15 is 0 Å². The van der Waals surface area contributed by atoms with Gasteiger partial charge in [-0.1, -0.05) is 74.0 Å². The van der Waals surface area contributed by atoms with E-state index in [1.165, 1.54) is 11.1 Å². The molecule has 1 heterocycles. The minimum absolute atomic E-state index is 0.220. The van der Waals surface area contributed by atoms with Gasteiger partial charge < -0.3 is 21.7 Å². The van der Waals surface area contributed by atoms with E-state index in [2.05, 4.69) is 88.4 Å². The fourth-order valence-corrected chi connectivity index (χ4v) is 5.04. The normalized spacial score (nSPS) is 14.3. The lowest BCUT2D eigenvalue weighted by Gasteiger charge is -2.38. The minimum atomic E-state index is -0.323. The molecule has 1 aliphatic heterocycles. The summed E-state index contributed by atoms with van der Waals surface area (Å²) in [4.78, 5) is 27.9. The molecule has 0 bridgehead atoms. The van der Waals surface area contributed by atoms with Crippen molar-refractivity contribution in [2.45, 2.75) is 38.6 Å². The van der Waals surface area contributed by atoms with Crippen LogP contribution in [-0.4, -0.2) is 43.0 Å². The zero-order valence-electron chi connectivity index (χ0n) is 22.2. The Morgan fingerprint density at radius 1 is 0.921 bits per heavy atom. The summed E-state index contributed by atoms with van der Waals surface area (Å²) in [6.07, 6.45) is 3.89. The first-order valence-electron chi connectivity index (χ1n) is 13.6. The number of carbonyl (C=O) groups is 2. The second kappa shape index (κ2) is 13.6. The molecule has 7 nitrogen and oxygen atoms in total. The van der Waals surface area contributed by atoms with Crippen molar-refractivity contribution < 1.29 is 9.59 Å². The summed E-state index contributed by atoms with van der Waals surface area (Å²) in [6.45, 7) is 5.16. The molecule has 3 amide bonds. The van der Waals surface area contributed by atoms with Crippen LogP contribution < -0.4 is 21.7 Å². The molecule has 1 saturated heterocycles. The first-order chi connectivity index (χ1) is 18.5. The van der Waals surface area contributed by atoms with Gasteiger partial charge in [-0.3, -0.25) is 9.69 Å². The van der Waals surface area contributed by atoms with Crippen LogP contribution in [0.15, 0.2) is 78.9 Å². The van der Waals surface area contributed by atoms with Crippen molar-refractivity contribution in [2.75, 3.05) is 37.2 Å². The fraction of sp³-hybridized carbons (Fsp3) is 0.355. The maximum Gasteiger partial charge on any atom is 0.319 e. The summed E-state index contributed by atoms with van der Waals surface area (Å²) in [5.41, 5.74) is 9.86. The van der Waals surface area contributed by atoms with Crippen LogP contribution >= 0.6 is 0 Å². The minimum Gasteiger partial charge on any atom is -0.399 e. The van der Waals surface area contributed by atoms with Gasteiger partial charge in [0.05, 0.1) is 17.3 Å². The quantitative estimate of drug-likeness (QED) is 0.215. The first kappa shape index (κ1) is 27.2. The van der Waals surface area contributed by atoms with E-state index in [0.29, 0.717) is 35.9 Å². The highest BCUT2D eigenvalue weighted by Crippen LogP contribution is 2.32. The predicted molar refractivity (Wildman–Crippen MR) is 154 cm³/mol. The van der Waals surface area contributed by atoms with Crippen molar-refractivity contribution in [3.05, 3.63) is 95.6 Å². The Labute approximate surface area is 225 Å². The van der Waals surface area contributed by atoms with Gasteiger partial charge in [0, 0.05) is 18.8 Å². The van der Waals surface area contributed by atoms with E-state index in [-0.39, 0.29) is 18.0 Å². The molecule has 0 atom stereocenters. The van der Waals surface area contributed by atoms with E-state index in [4.69, 9.17) is 5.73 Å². The van der Waals surface area contributed by atoms with E-state index < -0.39 is 0 Å². The van der Waals surface area contributed by atoms with Crippen LogP contribution in [0.1, 0.15) is 60.1 Å². The predicted octanol–water partition coefficient (Wildman–Crippen LogP) is 5.42. The third kappa shape index (κ3) is 7.35. The lowest BCUT2D eigenvalue weighted by atomic mass is 9.91. The number of hydrogen-bond acceptors (Lipinski definition) is 4. The number of unbranched alkanes of at least 4 members (excludes halogenated alkanes) is 1. The van der Waals surface area contributed by atoms with Crippen LogP contribution in [0.5, 0.6) is 0 Å². The van der Waals surface area contributed by atoms with Gasteiger partial charge in [-0.15, -0.1) is 0 Å². The van der Waals surface area contributed by atoms with Crippen LogP contribution in [0.4, 0.5) is 16.2 Å².